The molecule has 0 aromatic carbocycles. The standard InChI is InChI=1S/C31H64O9/c1-13-23(4)38-20-26(33)14-24(5)37-18-25(19-39-30(8,9)15-27(34)21-36-22(2)3)31(10,11)40-28(17-32)16-29(6,7)35-12/h22-28,32-34H,13-21H2,1-12H3. The van der Waals surface area contributed by atoms with Gasteiger partial charge < -0.3 is 43.7 Å². The van der Waals surface area contributed by atoms with Crippen molar-refractivity contribution in [3.63, 3.8) is 0 Å². The molecule has 3 N–H and O–H groups in total. The second-order valence-corrected chi connectivity index (χ2v) is 13.3. The number of ether oxygens (including phenoxy) is 6. The predicted octanol–water partition coefficient (Wildman–Crippen LogP) is 4.52. The van der Waals surface area contributed by atoms with Gasteiger partial charge in [0, 0.05) is 32.3 Å². The van der Waals surface area contributed by atoms with Crippen LogP contribution in [0.4, 0.5) is 0 Å². The summed E-state index contributed by atoms with van der Waals surface area (Å²) in [4.78, 5) is 0. The minimum absolute atomic E-state index is 0.0443. The predicted molar refractivity (Wildman–Crippen MR) is 159 cm³/mol. The van der Waals surface area contributed by atoms with E-state index in [0.717, 1.165) is 6.42 Å². The van der Waals surface area contributed by atoms with E-state index < -0.39 is 35.1 Å². The van der Waals surface area contributed by atoms with Crippen LogP contribution in [0.5, 0.6) is 0 Å². The normalized spacial score (nSPS) is 18.0. The van der Waals surface area contributed by atoms with Crippen molar-refractivity contribution in [3.05, 3.63) is 0 Å². The first-order chi connectivity index (χ1) is 18.4. The first-order valence-electron chi connectivity index (χ1n) is 15.0. The highest BCUT2D eigenvalue weighted by Crippen LogP contribution is 2.30. The summed E-state index contributed by atoms with van der Waals surface area (Å²) in [6.45, 7) is 22.7. The van der Waals surface area contributed by atoms with Crippen molar-refractivity contribution in [1.29, 1.82) is 0 Å². The second kappa shape index (κ2) is 19.0. The number of aliphatic hydroxyl groups is 3. The Labute approximate surface area is 245 Å². The van der Waals surface area contributed by atoms with Gasteiger partial charge in [-0.3, -0.25) is 0 Å². The van der Waals surface area contributed by atoms with Crippen LogP contribution < -0.4 is 0 Å². The molecule has 0 saturated heterocycles. The molecule has 9 nitrogen and oxygen atoms in total. The van der Waals surface area contributed by atoms with Crippen LogP contribution in [-0.4, -0.2) is 109 Å². The molecule has 0 fully saturated rings. The Bertz CT molecular complexity index is 638. The fourth-order valence-corrected chi connectivity index (χ4v) is 4.26. The van der Waals surface area contributed by atoms with E-state index in [9.17, 15) is 15.3 Å². The monoisotopic (exact) mass is 580 g/mol. The molecule has 0 radical (unpaired) electrons. The zero-order valence-corrected chi connectivity index (χ0v) is 27.7. The summed E-state index contributed by atoms with van der Waals surface area (Å²) < 4.78 is 35.8. The van der Waals surface area contributed by atoms with Crippen molar-refractivity contribution in [3.8, 4) is 0 Å². The lowest BCUT2D eigenvalue weighted by molar-refractivity contribution is -0.178. The Balaban J connectivity index is 5.44. The van der Waals surface area contributed by atoms with Crippen molar-refractivity contribution in [2.75, 3.05) is 40.1 Å². The van der Waals surface area contributed by atoms with Gasteiger partial charge in [0.05, 0.1) is 86.5 Å². The summed E-state index contributed by atoms with van der Waals surface area (Å²) in [5.41, 5.74) is -1.79. The highest BCUT2D eigenvalue weighted by Gasteiger charge is 2.37. The third-order valence-corrected chi connectivity index (χ3v) is 7.29. The minimum atomic E-state index is -0.718. The molecule has 0 aliphatic heterocycles. The van der Waals surface area contributed by atoms with Crippen molar-refractivity contribution >= 4 is 0 Å². The molecule has 0 amide bonds. The molecule has 0 rings (SSSR count). The molecule has 9 heteroatoms. The van der Waals surface area contributed by atoms with Gasteiger partial charge in [-0.1, -0.05) is 6.92 Å². The molecule has 242 valence electrons. The van der Waals surface area contributed by atoms with Crippen LogP contribution in [0, 0.1) is 5.92 Å². The lowest BCUT2D eigenvalue weighted by Crippen LogP contribution is -2.47. The van der Waals surface area contributed by atoms with Crippen molar-refractivity contribution in [2.45, 2.75) is 155 Å². The molecule has 0 spiro atoms. The Hall–Kier alpha value is -0.360. The third-order valence-electron chi connectivity index (χ3n) is 7.29. The van der Waals surface area contributed by atoms with Crippen molar-refractivity contribution < 1.29 is 43.7 Å². The number of hydrogen-bond acceptors (Lipinski definition) is 9. The molecule has 6 unspecified atom stereocenters. The van der Waals surface area contributed by atoms with E-state index in [0.29, 0.717) is 32.5 Å². The van der Waals surface area contributed by atoms with Crippen LogP contribution in [0.25, 0.3) is 0 Å². The van der Waals surface area contributed by atoms with Crippen LogP contribution in [0.15, 0.2) is 0 Å². The van der Waals surface area contributed by atoms with Gasteiger partial charge in [0.15, 0.2) is 0 Å². The van der Waals surface area contributed by atoms with Crippen LogP contribution >= 0.6 is 0 Å². The summed E-state index contributed by atoms with van der Waals surface area (Å²) in [7, 11) is 1.65. The fourth-order valence-electron chi connectivity index (χ4n) is 4.26. The van der Waals surface area contributed by atoms with Gasteiger partial charge in [0.1, 0.15) is 0 Å². The molecule has 0 heterocycles. The summed E-state index contributed by atoms with van der Waals surface area (Å²) in [6.07, 6.45) is 0.500. The van der Waals surface area contributed by atoms with E-state index >= 15 is 0 Å². The van der Waals surface area contributed by atoms with Crippen molar-refractivity contribution in [1.82, 2.24) is 0 Å². The van der Waals surface area contributed by atoms with Gasteiger partial charge in [0.2, 0.25) is 0 Å². The average Bonchev–Trinajstić information content (AvgIpc) is 2.84. The maximum atomic E-state index is 10.5. The van der Waals surface area contributed by atoms with Crippen LogP contribution in [-0.2, 0) is 28.4 Å². The molecule has 6 atom stereocenters. The highest BCUT2D eigenvalue weighted by molar-refractivity contribution is 4.85. The summed E-state index contributed by atoms with van der Waals surface area (Å²) in [6, 6.07) is 0. The largest absolute Gasteiger partial charge is 0.394 e. The summed E-state index contributed by atoms with van der Waals surface area (Å²) >= 11 is 0. The van der Waals surface area contributed by atoms with Gasteiger partial charge in [0.25, 0.3) is 0 Å². The van der Waals surface area contributed by atoms with Gasteiger partial charge >= 0.3 is 0 Å². The Morgan fingerprint density at radius 2 is 1.27 bits per heavy atom. The van der Waals surface area contributed by atoms with Crippen molar-refractivity contribution in [2.24, 2.45) is 5.92 Å². The Morgan fingerprint density at radius 1 is 0.700 bits per heavy atom. The van der Waals surface area contributed by atoms with Crippen LogP contribution in [0.2, 0.25) is 0 Å². The second-order valence-electron chi connectivity index (χ2n) is 13.3. The molecule has 0 bridgehead atoms. The minimum Gasteiger partial charge on any atom is -0.394 e. The number of rotatable bonds is 24. The van der Waals surface area contributed by atoms with E-state index in [4.69, 9.17) is 28.4 Å². The zero-order chi connectivity index (χ0) is 31.1. The van der Waals surface area contributed by atoms with Gasteiger partial charge in [-0.05, 0) is 75.7 Å². The fraction of sp³-hybridized carbons (Fsp3) is 1.00. The van der Waals surface area contributed by atoms with E-state index in [1.54, 1.807) is 7.11 Å². The van der Waals surface area contributed by atoms with E-state index in [1.807, 2.05) is 76.2 Å². The topological polar surface area (TPSA) is 116 Å². The van der Waals surface area contributed by atoms with Gasteiger partial charge in [-0.15, -0.1) is 0 Å². The number of aliphatic hydroxyl groups excluding tert-OH is 3. The molecule has 0 aliphatic carbocycles. The van der Waals surface area contributed by atoms with E-state index in [1.165, 1.54) is 0 Å². The molecule has 0 aliphatic rings. The first kappa shape index (κ1) is 39.6. The number of hydrogen-bond donors (Lipinski definition) is 3. The average molecular weight is 581 g/mol. The van der Waals surface area contributed by atoms with Crippen LogP contribution in [0.1, 0.15) is 102 Å². The smallest absolute Gasteiger partial charge is 0.0840 e. The molecular weight excluding hydrogens is 516 g/mol. The summed E-state index contributed by atoms with van der Waals surface area (Å²) in [5.74, 6) is -0.202. The van der Waals surface area contributed by atoms with E-state index in [-0.39, 0.29) is 44.1 Å². The molecule has 0 aromatic rings. The lowest BCUT2D eigenvalue weighted by Gasteiger charge is -2.40. The lowest BCUT2D eigenvalue weighted by atomic mass is 9.90. The maximum absolute atomic E-state index is 10.5. The quantitative estimate of drug-likeness (QED) is 0.152. The highest BCUT2D eigenvalue weighted by atomic mass is 16.5. The van der Waals surface area contributed by atoms with E-state index in [2.05, 4.69) is 0 Å². The number of methoxy groups -OCH3 is 1. The SMILES string of the molecule is CCC(C)OCC(O)CC(C)OCC(COC(C)(C)CC(O)COC(C)C)C(C)(C)OC(CO)CC(C)(C)OC. The summed E-state index contributed by atoms with van der Waals surface area (Å²) in [5, 5.41) is 31.0. The van der Waals surface area contributed by atoms with Gasteiger partial charge in [-0.25, -0.2) is 0 Å². The Kier molecular flexibility index (Phi) is 18.9. The maximum Gasteiger partial charge on any atom is 0.0840 e. The first-order valence-corrected chi connectivity index (χ1v) is 15.0. The molecule has 0 aromatic heterocycles. The zero-order valence-electron chi connectivity index (χ0n) is 27.7. The third kappa shape index (κ3) is 18.2. The molecular formula is C31H64O9. The molecule has 0 saturated carbocycles. The Morgan fingerprint density at radius 3 is 1.80 bits per heavy atom. The van der Waals surface area contributed by atoms with Crippen LogP contribution in [0.3, 0.4) is 0 Å². The van der Waals surface area contributed by atoms with Gasteiger partial charge in [-0.2, -0.15) is 0 Å². The molecule has 40 heavy (non-hydrogen) atoms.